The lowest BCUT2D eigenvalue weighted by Crippen LogP contribution is -2.44. The highest BCUT2D eigenvalue weighted by atomic mass is 16.5. The Bertz CT molecular complexity index is 809. The number of anilines is 1. The first-order chi connectivity index (χ1) is 13.7. The van der Waals surface area contributed by atoms with E-state index in [1.54, 1.807) is 6.92 Å². The number of hydrogen-bond donors (Lipinski definition) is 0. The minimum atomic E-state index is 0.0303. The predicted molar refractivity (Wildman–Crippen MR) is 110 cm³/mol. The monoisotopic (exact) mass is 380 g/mol. The maximum absolute atomic E-state index is 12.1. The van der Waals surface area contributed by atoms with Crippen LogP contribution in [0.5, 0.6) is 5.75 Å². The summed E-state index contributed by atoms with van der Waals surface area (Å²) >= 11 is 0. The fourth-order valence-electron chi connectivity index (χ4n) is 4.10. The Hall–Kier alpha value is -2.37. The second-order valence-corrected chi connectivity index (χ2v) is 7.56. The molecule has 0 saturated carbocycles. The van der Waals surface area contributed by atoms with Crippen molar-refractivity contribution in [3.63, 3.8) is 0 Å². The number of para-hydroxylation sites is 1. The Morgan fingerprint density at radius 1 is 1.14 bits per heavy atom. The van der Waals surface area contributed by atoms with Crippen LogP contribution < -0.4 is 9.64 Å². The van der Waals surface area contributed by atoms with Crippen LogP contribution >= 0.6 is 0 Å². The van der Waals surface area contributed by atoms with Crippen molar-refractivity contribution in [1.29, 1.82) is 0 Å². The molecule has 2 aliphatic heterocycles. The molecule has 1 saturated heterocycles. The van der Waals surface area contributed by atoms with E-state index in [0.29, 0.717) is 13.2 Å². The van der Waals surface area contributed by atoms with Gasteiger partial charge in [0.2, 0.25) is 5.91 Å². The topological polar surface area (TPSA) is 42.0 Å². The Balaban J connectivity index is 1.40. The van der Waals surface area contributed by atoms with Gasteiger partial charge in [0, 0.05) is 33.1 Å². The molecule has 0 unspecified atom stereocenters. The molecule has 2 aromatic carbocycles. The number of rotatable bonds is 5. The van der Waals surface area contributed by atoms with Gasteiger partial charge in [-0.25, -0.2) is 0 Å². The van der Waals surface area contributed by atoms with E-state index >= 15 is 0 Å². The van der Waals surface area contributed by atoms with E-state index in [1.165, 1.54) is 11.1 Å². The normalized spacial score (nSPS) is 19.9. The highest BCUT2D eigenvalue weighted by Gasteiger charge is 2.26. The molecule has 1 fully saturated rings. The molecule has 2 aromatic rings. The van der Waals surface area contributed by atoms with Gasteiger partial charge in [0.25, 0.3) is 0 Å². The first kappa shape index (κ1) is 19.0. The van der Waals surface area contributed by atoms with Gasteiger partial charge in [-0.1, -0.05) is 42.5 Å². The quantitative estimate of drug-likeness (QED) is 0.798. The number of carbonyl (C=O) groups is 1. The number of benzene rings is 2. The van der Waals surface area contributed by atoms with Crippen molar-refractivity contribution >= 4 is 11.6 Å². The van der Waals surface area contributed by atoms with Crippen LogP contribution in [0.1, 0.15) is 24.5 Å². The van der Waals surface area contributed by atoms with Crippen molar-refractivity contribution < 1.29 is 14.3 Å². The van der Waals surface area contributed by atoms with E-state index in [4.69, 9.17) is 9.47 Å². The molecule has 0 radical (unpaired) electrons. The molecule has 0 aliphatic carbocycles. The van der Waals surface area contributed by atoms with Gasteiger partial charge in [-0.3, -0.25) is 9.69 Å². The molecule has 2 aliphatic rings. The minimum absolute atomic E-state index is 0.0303. The number of amides is 1. The SMILES string of the molecule is CC(=O)N1CCCc2cccc(OC[C@@H]3CN(Cc4ccccc4)CCO3)c21. The number of nitrogens with zero attached hydrogens (tertiary/aromatic N) is 2. The van der Waals surface area contributed by atoms with Gasteiger partial charge in [-0.2, -0.15) is 0 Å². The third-order valence-electron chi connectivity index (χ3n) is 5.46. The third-order valence-corrected chi connectivity index (χ3v) is 5.46. The van der Waals surface area contributed by atoms with Crippen LogP contribution in [0.2, 0.25) is 0 Å². The maximum atomic E-state index is 12.1. The standard InChI is InChI=1S/C23H28N2O3/c1-18(26)25-12-6-10-20-9-5-11-22(23(20)25)28-17-21-16-24(13-14-27-21)15-19-7-3-2-4-8-19/h2-5,7-9,11,21H,6,10,12-17H2,1H3/t21-/m0/s1. The van der Waals surface area contributed by atoms with E-state index in [0.717, 1.165) is 50.5 Å². The van der Waals surface area contributed by atoms with Crippen molar-refractivity contribution in [3.8, 4) is 5.75 Å². The molecular formula is C23H28N2O3. The summed E-state index contributed by atoms with van der Waals surface area (Å²) in [6.45, 7) is 6.30. The van der Waals surface area contributed by atoms with Gasteiger partial charge in [-0.05, 0) is 30.0 Å². The summed E-state index contributed by atoms with van der Waals surface area (Å²) in [6.07, 6.45) is 2.01. The van der Waals surface area contributed by atoms with Gasteiger partial charge in [0.1, 0.15) is 18.5 Å². The van der Waals surface area contributed by atoms with Gasteiger partial charge >= 0.3 is 0 Å². The summed E-state index contributed by atoms with van der Waals surface area (Å²) in [6, 6.07) is 16.6. The van der Waals surface area contributed by atoms with Crippen LogP contribution in [0, 0.1) is 0 Å². The highest BCUT2D eigenvalue weighted by molar-refractivity contribution is 5.94. The lowest BCUT2D eigenvalue weighted by molar-refractivity contribution is -0.116. The van der Waals surface area contributed by atoms with E-state index in [9.17, 15) is 4.79 Å². The average molecular weight is 380 g/mol. The van der Waals surface area contributed by atoms with E-state index < -0.39 is 0 Å². The summed E-state index contributed by atoms with van der Waals surface area (Å²) < 4.78 is 12.1. The van der Waals surface area contributed by atoms with Crippen molar-refractivity contribution in [2.75, 3.05) is 37.7 Å². The second kappa shape index (κ2) is 8.76. The molecule has 0 bridgehead atoms. The first-order valence-electron chi connectivity index (χ1n) is 10.1. The van der Waals surface area contributed by atoms with Crippen LogP contribution in [0.25, 0.3) is 0 Å². The van der Waals surface area contributed by atoms with Crippen LogP contribution in [0.3, 0.4) is 0 Å². The minimum Gasteiger partial charge on any atom is -0.489 e. The molecule has 5 heteroatoms. The molecule has 5 nitrogen and oxygen atoms in total. The van der Waals surface area contributed by atoms with E-state index in [2.05, 4.69) is 35.2 Å². The Labute approximate surface area is 166 Å². The number of morpholine rings is 1. The van der Waals surface area contributed by atoms with Crippen LogP contribution in [0.4, 0.5) is 5.69 Å². The summed E-state index contributed by atoms with van der Waals surface area (Å²) in [5.41, 5.74) is 3.45. The summed E-state index contributed by atoms with van der Waals surface area (Å²) in [5.74, 6) is 0.858. The van der Waals surface area contributed by atoms with Crippen LogP contribution in [0.15, 0.2) is 48.5 Å². The summed E-state index contributed by atoms with van der Waals surface area (Å²) in [4.78, 5) is 16.3. The number of carbonyl (C=O) groups excluding carboxylic acids is 1. The Kier molecular flexibility index (Phi) is 5.93. The highest BCUT2D eigenvalue weighted by Crippen LogP contribution is 2.36. The van der Waals surface area contributed by atoms with Gasteiger partial charge in [-0.15, -0.1) is 0 Å². The zero-order valence-corrected chi connectivity index (χ0v) is 16.5. The first-order valence-corrected chi connectivity index (χ1v) is 10.1. The van der Waals surface area contributed by atoms with Gasteiger partial charge in [0.15, 0.2) is 0 Å². The Morgan fingerprint density at radius 2 is 2.00 bits per heavy atom. The second-order valence-electron chi connectivity index (χ2n) is 7.56. The molecule has 4 rings (SSSR count). The number of fused-ring (bicyclic) bond motifs is 1. The molecular weight excluding hydrogens is 352 g/mol. The van der Waals surface area contributed by atoms with Crippen molar-refractivity contribution in [1.82, 2.24) is 4.90 Å². The number of ether oxygens (including phenoxy) is 2. The van der Waals surface area contributed by atoms with Crippen molar-refractivity contribution in [2.45, 2.75) is 32.4 Å². The van der Waals surface area contributed by atoms with Crippen LogP contribution in [-0.2, 0) is 22.5 Å². The van der Waals surface area contributed by atoms with Gasteiger partial charge in [0.05, 0.1) is 12.3 Å². The summed E-state index contributed by atoms with van der Waals surface area (Å²) in [7, 11) is 0. The predicted octanol–water partition coefficient (Wildman–Crippen LogP) is 3.27. The molecule has 148 valence electrons. The molecule has 2 heterocycles. The van der Waals surface area contributed by atoms with E-state index in [-0.39, 0.29) is 12.0 Å². The molecule has 28 heavy (non-hydrogen) atoms. The smallest absolute Gasteiger partial charge is 0.223 e. The zero-order valence-electron chi connectivity index (χ0n) is 16.5. The fraction of sp³-hybridized carbons (Fsp3) is 0.435. The molecule has 0 aromatic heterocycles. The fourth-order valence-corrected chi connectivity index (χ4v) is 4.10. The Morgan fingerprint density at radius 3 is 2.82 bits per heavy atom. The van der Waals surface area contributed by atoms with Gasteiger partial charge < -0.3 is 14.4 Å². The van der Waals surface area contributed by atoms with Crippen molar-refractivity contribution in [3.05, 3.63) is 59.7 Å². The molecule has 0 N–H and O–H groups in total. The number of hydrogen-bond acceptors (Lipinski definition) is 4. The molecule has 0 spiro atoms. The average Bonchev–Trinajstić information content (AvgIpc) is 2.72. The zero-order chi connectivity index (χ0) is 19.3. The number of aryl methyl sites for hydroxylation is 1. The molecule has 1 atom stereocenters. The largest absolute Gasteiger partial charge is 0.489 e. The summed E-state index contributed by atoms with van der Waals surface area (Å²) in [5, 5.41) is 0. The lowest BCUT2D eigenvalue weighted by atomic mass is 10.0. The third kappa shape index (κ3) is 4.37. The molecule has 1 amide bonds. The van der Waals surface area contributed by atoms with Crippen LogP contribution in [-0.4, -0.2) is 49.8 Å². The van der Waals surface area contributed by atoms with Crippen molar-refractivity contribution in [2.24, 2.45) is 0 Å². The van der Waals surface area contributed by atoms with E-state index in [1.807, 2.05) is 23.1 Å². The lowest BCUT2D eigenvalue weighted by Gasteiger charge is -2.34. The maximum Gasteiger partial charge on any atom is 0.223 e.